The molecule has 0 aliphatic carbocycles. The molecule has 1 rings (SSSR count). The summed E-state index contributed by atoms with van der Waals surface area (Å²) in [7, 11) is 1.56. The monoisotopic (exact) mass is 217 g/mol. The quantitative estimate of drug-likeness (QED) is 0.754. The molecule has 0 saturated heterocycles. The average Bonchev–Trinajstić information content (AvgIpc) is 2.20. The highest BCUT2D eigenvalue weighted by molar-refractivity contribution is 6.32. The van der Waals surface area contributed by atoms with Crippen molar-refractivity contribution in [1.29, 1.82) is 0 Å². The van der Waals surface area contributed by atoms with Gasteiger partial charge in [-0.1, -0.05) is 11.6 Å². The molecule has 0 aliphatic heterocycles. The molecule has 0 fully saturated rings. The highest BCUT2D eigenvalue weighted by Crippen LogP contribution is 2.16. The number of methoxy groups -OCH3 is 1. The van der Waals surface area contributed by atoms with Gasteiger partial charge >= 0.3 is 0 Å². The zero-order valence-corrected chi connectivity index (χ0v) is 8.53. The van der Waals surface area contributed by atoms with Crippen LogP contribution in [0.15, 0.2) is 12.5 Å². The highest BCUT2D eigenvalue weighted by Gasteiger charge is 2.09. The molecule has 0 aliphatic rings. The predicted molar refractivity (Wildman–Crippen MR) is 53.4 cm³/mol. The van der Waals surface area contributed by atoms with Crippen molar-refractivity contribution in [2.75, 3.05) is 25.6 Å². The van der Waals surface area contributed by atoms with E-state index in [1.807, 2.05) is 0 Å². The number of hydrogen-bond donors (Lipinski definition) is 2. The Hall–Kier alpha value is -0.910. The van der Waals surface area contributed by atoms with E-state index in [1.165, 1.54) is 12.5 Å². The first-order valence-corrected chi connectivity index (χ1v) is 4.47. The molecule has 0 saturated carbocycles. The van der Waals surface area contributed by atoms with E-state index in [-0.39, 0.29) is 12.6 Å². The lowest BCUT2D eigenvalue weighted by Crippen LogP contribution is -2.29. The van der Waals surface area contributed by atoms with Gasteiger partial charge in [0.1, 0.15) is 17.2 Å². The number of nitrogens with one attached hydrogen (secondary N) is 1. The van der Waals surface area contributed by atoms with Gasteiger partial charge in [-0.25, -0.2) is 9.97 Å². The van der Waals surface area contributed by atoms with Crippen molar-refractivity contribution in [2.45, 2.75) is 6.04 Å². The molecule has 5 nitrogen and oxygen atoms in total. The minimum atomic E-state index is -0.215. The minimum absolute atomic E-state index is 0.0474. The van der Waals surface area contributed by atoms with Gasteiger partial charge in [-0.3, -0.25) is 0 Å². The van der Waals surface area contributed by atoms with Crippen molar-refractivity contribution < 1.29 is 9.84 Å². The van der Waals surface area contributed by atoms with Crippen LogP contribution < -0.4 is 5.32 Å². The van der Waals surface area contributed by atoms with Crippen LogP contribution in [0.2, 0.25) is 5.02 Å². The number of ether oxygens (including phenoxy) is 1. The number of aliphatic hydroxyl groups excluding tert-OH is 1. The van der Waals surface area contributed by atoms with E-state index in [0.717, 1.165) is 0 Å². The second kappa shape index (κ2) is 5.74. The molecule has 1 aromatic rings. The van der Waals surface area contributed by atoms with Gasteiger partial charge in [-0.15, -0.1) is 0 Å². The van der Waals surface area contributed by atoms with Crippen molar-refractivity contribution in [3.63, 3.8) is 0 Å². The third-order valence-electron chi connectivity index (χ3n) is 1.60. The lowest BCUT2D eigenvalue weighted by atomic mass is 10.3. The number of halogens is 1. The molecule has 0 aromatic carbocycles. The lowest BCUT2D eigenvalue weighted by Gasteiger charge is -2.15. The fraction of sp³-hybridized carbons (Fsp3) is 0.500. The van der Waals surface area contributed by atoms with Crippen LogP contribution in [0.25, 0.3) is 0 Å². The fourth-order valence-corrected chi connectivity index (χ4v) is 1.11. The molecule has 1 aromatic heterocycles. The maximum Gasteiger partial charge on any atom is 0.148 e. The van der Waals surface area contributed by atoms with Crippen LogP contribution in [0, 0.1) is 0 Å². The zero-order chi connectivity index (χ0) is 10.4. The summed E-state index contributed by atoms with van der Waals surface area (Å²) in [5.74, 6) is 0.498. The maximum absolute atomic E-state index is 8.98. The normalized spacial score (nSPS) is 12.5. The van der Waals surface area contributed by atoms with E-state index in [1.54, 1.807) is 7.11 Å². The second-order valence-electron chi connectivity index (χ2n) is 2.70. The summed E-state index contributed by atoms with van der Waals surface area (Å²) in [6.07, 6.45) is 2.87. The Morgan fingerprint density at radius 1 is 1.71 bits per heavy atom. The van der Waals surface area contributed by atoms with Gasteiger partial charge in [0, 0.05) is 7.11 Å². The second-order valence-corrected chi connectivity index (χ2v) is 3.11. The van der Waals surface area contributed by atoms with E-state index in [2.05, 4.69) is 15.3 Å². The van der Waals surface area contributed by atoms with Crippen LogP contribution in [0.1, 0.15) is 0 Å². The zero-order valence-electron chi connectivity index (χ0n) is 7.77. The Balaban J connectivity index is 2.62. The Labute approximate surface area is 87.1 Å². The van der Waals surface area contributed by atoms with Crippen molar-refractivity contribution in [2.24, 2.45) is 0 Å². The van der Waals surface area contributed by atoms with Crippen LogP contribution in [0.3, 0.4) is 0 Å². The number of aromatic nitrogens is 2. The van der Waals surface area contributed by atoms with Gasteiger partial charge in [0.05, 0.1) is 25.5 Å². The van der Waals surface area contributed by atoms with Crippen molar-refractivity contribution >= 4 is 17.4 Å². The third kappa shape index (κ3) is 3.10. The van der Waals surface area contributed by atoms with Crippen molar-refractivity contribution in [3.8, 4) is 0 Å². The molecule has 0 radical (unpaired) electrons. The number of rotatable bonds is 5. The van der Waals surface area contributed by atoms with Crippen LogP contribution in [-0.4, -0.2) is 41.4 Å². The Morgan fingerprint density at radius 3 is 3.07 bits per heavy atom. The predicted octanol–water partition coefficient (Wildman–Crippen LogP) is 0.549. The van der Waals surface area contributed by atoms with E-state index in [4.69, 9.17) is 21.4 Å². The van der Waals surface area contributed by atoms with E-state index in [9.17, 15) is 0 Å². The number of aliphatic hydroxyl groups is 1. The van der Waals surface area contributed by atoms with E-state index in [0.29, 0.717) is 17.4 Å². The topological polar surface area (TPSA) is 67.3 Å². The molecule has 0 bridgehead atoms. The molecule has 0 spiro atoms. The molecule has 2 N–H and O–H groups in total. The van der Waals surface area contributed by atoms with Gasteiger partial charge in [0.15, 0.2) is 0 Å². The molecule has 1 atom stereocenters. The average molecular weight is 218 g/mol. The molecule has 1 unspecified atom stereocenters. The summed E-state index contributed by atoms with van der Waals surface area (Å²) in [5, 5.41) is 12.3. The van der Waals surface area contributed by atoms with E-state index < -0.39 is 0 Å². The molecule has 78 valence electrons. The van der Waals surface area contributed by atoms with Crippen LogP contribution >= 0.6 is 11.6 Å². The summed E-state index contributed by atoms with van der Waals surface area (Å²) in [6, 6.07) is -0.215. The first kappa shape index (κ1) is 11.2. The standard InChI is InChI=1S/C8H12ClN3O2/c1-14-4-6(3-13)12-8-7(9)2-10-5-11-8/h2,5-6,13H,3-4H2,1H3,(H,10,11,12). The number of nitrogens with zero attached hydrogens (tertiary/aromatic N) is 2. The summed E-state index contributed by atoms with van der Waals surface area (Å²) < 4.78 is 4.90. The van der Waals surface area contributed by atoms with Crippen molar-refractivity contribution in [3.05, 3.63) is 17.5 Å². The van der Waals surface area contributed by atoms with Crippen LogP contribution in [0.4, 0.5) is 5.82 Å². The van der Waals surface area contributed by atoms with Crippen LogP contribution in [0.5, 0.6) is 0 Å². The van der Waals surface area contributed by atoms with E-state index >= 15 is 0 Å². The summed E-state index contributed by atoms with van der Waals surface area (Å²) in [6.45, 7) is 0.338. The lowest BCUT2D eigenvalue weighted by molar-refractivity contribution is 0.153. The number of anilines is 1. The molecular weight excluding hydrogens is 206 g/mol. The fourth-order valence-electron chi connectivity index (χ4n) is 0.953. The Kier molecular flexibility index (Phi) is 4.58. The van der Waals surface area contributed by atoms with Gasteiger partial charge < -0.3 is 15.2 Å². The minimum Gasteiger partial charge on any atom is -0.394 e. The largest absolute Gasteiger partial charge is 0.394 e. The van der Waals surface area contributed by atoms with Crippen LogP contribution in [-0.2, 0) is 4.74 Å². The molecule has 0 amide bonds. The smallest absolute Gasteiger partial charge is 0.148 e. The van der Waals surface area contributed by atoms with Gasteiger partial charge in [-0.2, -0.15) is 0 Å². The Morgan fingerprint density at radius 2 is 2.50 bits per heavy atom. The Bertz CT molecular complexity index is 285. The van der Waals surface area contributed by atoms with Gasteiger partial charge in [-0.05, 0) is 0 Å². The first-order chi connectivity index (χ1) is 6.77. The summed E-state index contributed by atoms with van der Waals surface area (Å²) in [5.41, 5.74) is 0. The molecule has 6 heteroatoms. The molecule has 1 heterocycles. The SMILES string of the molecule is COCC(CO)Nc1ncncc1Cl. The van der Waals surface area contributed by atoms with Gasteiger partial charge in [0.2, 0.25) is 0 Å². The summed E-state index contributed by atoms with van der Waals surface area (Å²) in [4.78, 5) is 7.67. The first-order valence-electron chi connectivity index (χ1n) is 4.09. The maximum atomic E-state index is 8.98. The van der Waals surface area contributed by atoms with Crippen molar-refractivity contribution in [1.82, 2.24) is 9.97 Å². The number of hydrogen-bond acceptors (Lipinski definition) is 5. The highest BCUT2D eigenvalue weighted by atomic mass is 35.5. The summed E-state index contributed by atoms with van der Waals surface area (Å²) >= 11 is 5.82. The van der Waals surface area contributed by atoms with Gasteiger partial charge in [0.25, 0.3) is 0 Å². The molecule has 14 heavy (non-hydrogen) atoms. The molecular formula is C8H12ClN3O2. The third-order valence-corrected chi connectivity index (χ3v) is 1.87.